The Bertz CT molecular complexity index is 1370. The molecule has 0 bridgehead atoms. The van der Waals surface area contributed by atoms with E-state index in [-0.39, 0.29) is 24.8 Å². The van der Waals surface area contributed by atoms with Gasteiger partial charge in [-0.1, -0.05) is 13.8 Å². The Hall–Kier alpha value is -3.13. The molecule has 2 fully saturated rings. The van der Waals surface area contributed by atoms with E-state index in [4.69, 9.17) is 0 Å². The Morgan fingerprint density at radius 1 is 1.21 bits per heavy atom. The Balaban J connectivity index is 1.47. The summed E-state index contributed by atoms with van der Waals surface area (Å²) in [5, 5.41) is 24.5. The second-order valence-electron chi connectivity index (χ2n) is 10.8. The van der Waals surface area contributed by atoms with Crippen LogP contribution in [-0.4, -0.2) is 37.7 Å². The SMILES string of the molecule is CC1(C)C[C@@](O)(c2ncc(-c3cc(Nc4nccc(C(F)(F)F)n4)cc(C4CCNN4)c3)s2)CC[C@@H]1C(=O)O. The van der Waals surface area contributed by atoms with E-state index in [1.807, 2.05) is 26.0 Å². The van der Waals surface area contributed by atoms with Crippen LogP contribution in [0.25, 0.3) is 10.4 Å². The van der Waals surface area contributed by atoms with E-state index in [0.29, 0.717) is 17.1 Å². The molecule has 3 atom stereocenters. The summed E-state index contributed by atoms with van der Waals surface area (Å²) in [6.07, 6.45) is -0.159. The molecule has 5 rings (SSSR count). The number of alkyl halides is 3. The highest BCUT2D eigenvalue weighted by Gasteiger charge is 2.49. The summed E-state index contributed by atoms with van der Waals surface area (Å²) in [6.45, 7) is 4.47. The molecule has 3 aromatic rings. The van der Waals surface area contributed by atoms with Gasteiger partial charge in [0.05, 0.1) is 10.8 Å². The van der Waals surface area contributed by atoms with Gasteiger partial charge in [-0.25, -0.2) is 15.0 Å². The van der Waals surface area contributed by atoms with E-state index in [0.717, 1.165) is 41.2 Å². The highest BCUT2D eigenvalue weighted by atomic mass is 32.1. The molecule has 1 aliphatic heterocycles. The minimum absolute atomic E-state index is 0.0170. The van der Waals surface area contributed by atoms with Crippen LogP contribution in [0.2, 0.25) is 0 Å². The monoisotopic (exact) mass is 562 g/mol. The van der Waals surface area contributed by atoms with Gasteiger partial charge >= 0.3 is 12.1 Å². The maximum Gasteiger partial charge on any atom is 0.433 e. The lowest BCUT2D eigenvalue weighted by Crippen LogP contribution is -2.44. The van der Waals surface area contributed by atoms with Gasteiger partial charge in [0, 0.05) is 30.7 Å². The number of aliphatic hydroxyl groups is 1. The van der Waals surface area contributed by atoms with Gasteiger partial charge in [0.1, 0.15) is 16.3 Å². The number of nitrogens with one attached hydrogen (secondary N) is 3. The molecule has 1 saturated heterocycles. The molecule has 9 nitrogen and oxygen atoms in total. The molecular weight excluding hydrogens is 533 g/mol. The Kier molecular flexibility index (Phi) is 7.12. The van der Waals surface area contributed by atoms with Crippen LogP contribution in [0, 0.1) is 11.3 Å². The standard InChI is InChI=1S/C26H29F3N6O3S/c1-24(2)13-25(38,6-3-17(24)21(36)37)22-31-12-19(39-22)15-9-14(18-4-8-32-35-18)10-16(11-15)33-23-30-7-5-20(34-23)26(27,28)29/h5,7,9-12,17-18,32,35,38H,3-4,6,8,13H2,1-2H3,(H,36,37)(H,30,33,34)/t17-,18?,25-/m1/s1. The first kappa shape index (κ1) is 27.4. The van der Waals surface area contributed by atoms with Gasteiger partial charge in [-0.3, -0.25) is 15.6 Å². The molecule has 1 aliphatic carbocycles. The summed E-state index contributed by atoms with van der Waals surface area (Å²) in [5.74, 6) is -1.59. The largest absolute Gasteiger partial charge is 0.481 e. The van der Waals surface area contributed by atoms with Crippen LogP contribution < -0.4 is 16.2 Å². The molecule has 2 aromatic heterocycles. The zero-order valence-corrected chi connectivity index (χ0v) is 22.2. The van der Waals surface area contributed by atoms with E-state index >= 15 is 0 Å². The van der Waals surface area contributed by atoms with Crippen molar-refractivity contribution in [1.82, 2.24) is 25.8 Å². The number of aromatic nitrogens is 3. The normalized spacial score (nSPS) is 25.0. The van der Waals surface area contributed by atoms with Crippen molar-refractivity contribution in [3.8, 4) is 10.4 Å². The van der Waals surface area contributed by atoms with Crippen LogP contribution in [0.4, 0.5) is 24.8 Å². The zero-order chi connectivity index (χ0) is 28.0. The summed E-state index contributed by atoms with van der Waals surface area (Å²) in [5.41, 5.74) is 5.56. The second kappa shape index (κ2) is 10.1. The predicted molar refractivity (Wildman–Crippen MR) is 139 cm³/mol. The number of nitrogens with zero attached hydrogens (tertiary/aromatic N) is 3. The van der Waals surface area contributed by atoms with Crippen LogP contribution in [0.5, 0.6) is 0 Å². The molecule has 5 N–H and O–H groups in total. The minimum Gasteiger partial charge on any atom is -0.481 e. The summed E-state index contributed by atoms with van der Waals surface area (Å²) >= 11 is 1.32. The van der Waals surface area contributed by atoms with Gasteiger partial charge in [0.25, 0.3) is 0 Å². The second-order valence-corrected chi connectivity index (χ2v) is 11.8. The zero-order valence-electron chi connectivity index (χ0n) is 21.3. The van der Waals surface area contributed by atoms with Crippen LogP contribution >= 0.6 is 11.3 Å². The van der Waals surface area contributed by atoms with Crippen LogP contribution in [0.3, 0.4) is 0 Å². The van der Waals surface area contributed by atoms with Gasteiger partial charge in [-0.15, -0.1) is 11.3 Å². The van der Waals surface area contributed by atoms with E-state index in [2.05, 4.69) is 31.1 Å². The van der Waals surface area contributed by atoms with Gasteiger partial charge < -0.3 is 15.5 Å². The van der Waals surface area contributed by atoms with E-state index in [1.54, 1.807) is 12.3 Å². The Morgan fingerprint density at radius 2 is 2.00 bits per heavy atom. The quantitative estimate of drug-likeness (QED) is 0.282. The number of halogens is 3. The lowest BCUT2D eigenvalue weighted by atomic mass is 9.63. The third-order valence-electron chi connectivity index (χ3n) is 7.42. The number of carboxylic acids is 1. The van der Waals surface area contributed by atoms with Gasteiger partial charge in [0.15, 0.2) is 0 Å². The van der Waals surface area contributed by atoms with E-state index in [9.17, 15) is 28.2 Å². The van der Waals surface area contributed by atoms with E-state index in [1.165, 1.54) is 11.3 Å². The molecule has 13 heteroatoms. The highest BCUT2D eigenvalue weighted by molar-refractivity contribution is 7.15. The molecule has 0 spiro atoms. The first-order chi connectivity index (χ1) is 18.3. The topological polar surface area (TPSA) is 132 Å². The fraction of sp³-hybridized carbons (Fsp3) is 0.462. The lowest BCUT2D eigenvalue weighted by molar-refractivity contribution is -0.154. The highest BCUT2D eigenvalue weighted by Crippen LogP contribution is 2.51. The lowest BCUT2D eigenvalue weighted by Gasteiger charge is -2.44. The summed E-state index contributed by atoms with van der Waals surface area (Å²) < 4.78 is 39.5. The number of aliphatic carboxylic acids is 1. The van der Waals surface area contributed by atoms with Gasteiger partial charge in [-0.05, 0) is 66.5 Å². The third kappa shape index (κ3) is 5.76. The smallest absolute Gasteiger partial charge is 0.433 e. The number of carboxylic acid groups (broad SMARTS) is 1. The number of hydrazine groups is 1. The van der Waals surface area contributed by atoms with Crippen molar-refractivity contribution >= 4 is 28.9 Å². The Labute approximate surface area is 226 Å². The molecule has 0 radical (unpaired) electrons. The van der Waals surface area contributed by atoms with Gasteiger partial charge in [-0.2, -0.15) is 13.2 Å². The third-order valence-corrected chi connectivity index (χ3v) is 8.66. The number of carbonyl (C=O) groups is 1. The molecule has 1 saturated carbocycles. The van der Waals surface area contributed by atoms with Crippen LogP contribution in [0.15, 0.2) is 36.7 Å². The number of rotatable bonds is 6. The molecule has 208 valence electrons. The fourth-order valence-corrected chi connectivity index (χ4v) is 6.53. The van der Waals surface area contributed by atoms with Crippen LogP contribution in [-0.2, 0) is 16.6 Å². The maximum absolute atomic E-state index is 13.2. The summed E-state index contributed by atoms with van der Waals surface area (Å²) in [7, 11) is 0. The minimum atomic E-state index is -4.59. The average molecular weight is 563 g/mol. The van der Waals surface area contributed by atoms with Crippen molar-refractivity contribution < 1.29 is 28.2 Å². The van der Waals surface area contributed by atoms with Crippen LogP contribution in [0.1, 0.15) is 61.8 Å². The Morgan fingerprint density at radius 3 is 2.67 bits per heavy atom. The molecular formula is C26H29F3N6O3S. The number of benzene rings is 1. The molecule has 2 aliphatic rings. The predicted octanol–water partition coefficient (Wildman–Crippen LogP) is 5.00. The molecule has 3 heterocycles. The molecule has 1 aromatic carbocycles. The average Bonchev–Trinajstić information content (AvgIpc) is 3.56. The number of anilines is 2. The fourth-order valence-electron chi connectivity index (χ4n) is 5.51. The van der Waals surface area contributed by atoms with Crippen molar-refractivity contribution in [1.29, 1.82) is 0 Å². The van der Waals surface area contributed by atoms with Crippen molar-refractivity contribution in [2.24, 2.45) is 11.3 Å². The first-order valence-electron chi connectivity index (χ1n) is 12.6. The van der Waals surface area contributed by atoms with Crippen molar-refractivity contribution in [2.75, 3.05) is 11.9 Å². The maximum atomic E-state index is 13.2. The number of thiazole rings is 1. The van der Waals surface area contributed by atoms with Crippen molar-refractivity contribution in [3.05, 3.63) is 52.9 Å². The summed E-state index contributed by atoms with van der Waals surface area (Å²) in [6, 6.07) is 6.40. The molecule has 0 amide bonds. The van der Waals surface area contributed by atoms with Crippen molar-refractivity contribution in [3.63, 3.8) is 0 Å². The number of hydrogen-bond donors (Lipinski definition) is 5. The molecule has 1 unspecified atom stereocenters. The van der Waals surface area contributed by atoms with E-state index < -0.39 is 34.8 Å². The molecule has 39 heavy (non-hydrogen) atoms. The van der Waals surface area contributed by atoms with Gasteiger partial charge in [0.2, 0.25) is 5.95 Å². The van der Waals surface area contributed by atoms with Crippen molar-refractivity contribution in [2.45, 2.75) is 57.3 Å². The number of hydrogen-bond acceptors (Lipinski definition) is 9. The summed E-state index contributed by atoms with van der Waals surface area (Å²) in [4.78, 5) is 24.6. The first-order valence-corrected chi connectivity index (χ1v) is 13.4.